The molecule has 0 saturated carbocycles. The van der Waals surface area contributed by atoms with Crippen molar-refractivity contribution < 1.29 is 14.3 Å². The maximum atomic E-state index is 13.4. The van der Waals surface area contributed by atoms with E-state index in [0.29, 0.717) is 16.5 Å². The van der Waals surface area contributed by atoms with Crippen LogP contribution >= 0.6 is 0 Å². The zero-order valence-corrected chi connectivity index (χ0v) is 8.90. The van der Waals surface area contributed by atoms with Crippen LogP contribution in [0.4, 0.5) is 4.39 Å². The Balaban J connectivity index is 2.66. The predicted octanol–water partition coefficient (Wildman–Crippen LogP) is 3.05. The van der Waals surface area contributed by atoms with Gasteiger partial charge < -0.3 is 10.1 Å². The number of H-pyrrole nitrogens is 1. The third-order valence-electron chi connectivity index (χ3n) is 2.44. The number of carbonyl (C=O) groups is 1. The van der Waals surface area contributed by atoms with Crippen LogP contribution in [0.5, 0.6) is 0 Å². The van der Waals surface area contributed by atoms with Gasteiger partial charge in [-0.2, -0.15) is 0 Å². The Labute approximate surface area is 96.9 Å². The molecule has 2 rings (SSSR count). The Morgan fingerprint density at radius 1 is 1.41 bits per heavy atom. The van der Waals surface area contributed by atoms with Crippen LogP contribution in [0, 0.1) is 5.82 Å². The minimum absolute atomic E-state index is 0.412. The molecule has 0 atom stereocenters. The Morgan fingerprint density at radius 2 is 2.18 bits per heavy atom. The molecule has 86 valence electrons. The molecule has 0 aliphatic rings. The molecular formula is C13H10FNO2. The highest BCUT2D eigenvalue weighted by Crippen LogP contribution is 2.25. The first kappa shape index (κ1) is 11.1. The highest BCUT2D eigenvalue weighted by molar-refractivity contribution is 5.96. The van der Waals surface area contributed by atoms with Crippen molar-refractivity contribution in [2.45, 2.75) is 0 Å². The number of carboxylic acid groups (broad SMARTS) is 1. The molecule has 0 saturated heterocycles. The van der Waals surface area contributed by atoms with Gasteiger partial charge in [0.25, 0.3) is 0 Å². The molecule has 0 bridgehead atoms. The van der Waals surface area contributed by atoms with E-state index in [1.165, 1.54) is 18.2 Å². The number of fused-ring (bicyclic) bond motifs is 1. The lowest BCUT2D eigenvalue weighted by molar-refractivity contribution is -0.131. The zero-order valence-electron chi connectivity index (χ0n) is 8.90. The number of rotatable bonds is 3. The molecule has 3 nitrogen and oxygen atoms in total. The average molecular weight is 231 g/mol. The van der Waals surface area contributed by atoms with Gasteiger partial charge in [-0.15, -0.1) is 0 Å². The second-order valence-electron chi connectivity index (χ2n) is 3.54. The molecule has 0 aliphatic carbocycles. The summed E-state index contributed by atoms with van der Waals surface area (Å²) in [5, 5.41) is 9.25. The first-order valence-corrected chi connectivity index (χ1v) is 4.96. The van der Waals surface area contributed by atoms with Crippen molar-refractivity contribution in [2.24, 2.45) is 0 Å². The first-order valence-electron chi connectivity index (χ1n) is 4.96. The van der Waals surface area contributed by atoms with Gasteiger partial charge in [-0.1, -0.05) is 12.7 Å². The zero-order chi connectivity index (χ0) is 12.4. The van der Waals surface area contributed by atoms with E-state index < -0.39 is 11.8 Å². The number of nitrogens with one attached hydrogen (secondary N) is 1. The summed E-state index contributed by atoms with van der Waals surface area (Å²) < 4.78 is 13.4. The predicted molar refractivity (Wildman–Crippen MR) is 65.0 cm³/mol. The number of benzene rings is 1. The molecule has 4 heteroatoms. The van der Waals surface area contributed by atoms with Gasteiger partial charge in [-0.05, 0) is 23.8 Å². The lowest BCUT2D eigenvalue weighted by Gasteiger charge is -1.98. The number of halogens is 1. The number of aromatic amines is 1. The van der Waals surface area contributed by atoms with Crippen LogP contribution in [-0.2, 0) is 4.79 Å². The van der Waals surface area contributed by atoms with E-state index in [4.69, 9.17) is 5.11 Å². The second-order valence-corrected chi connectivity index (χ2v) is 3.54. The number of aromatic nitrogens is 1. The minimum Gasteiger partial charge on any atom is -0.478 e. The quantitative estimate of drug-likeness (QED) is 0.797. The van der Waals surface area contributed by atoms with E-state index in [1.54, 1.807) is 12.3 Å². The molecule has 0 spiro atoms. The summed E-state index contributed by atoms with van der Waals surface area (Å²) in [7, 11) is 0. The topological polar surface area (TPSA) is 53.1 Å². The van der Waals surface area contributed by atoms with Crippen molar-refractivity contribution in [3.8, 4) is 0 Å². The monoisotopic (exact) mass is 231 g/mol. The molecule has 1 heterocycles. The van der Waals surface area contributed by atoms with Crippen LogP contribution in [0.25, 0.3) is 23.1 Å². The molecular weight excluding hydrogens is 221 g/mol. The van der Waals surface area contributed by atoms with Gasteiger partial charge in [-0.25, -0.2) is 9.18 Å². The Hall–Kier alpha value is -2.36. The van der Waals surface area contributed by atoms with Gasteiger partial charge in [-0.3, -0.25) is 0 Å². The molecule has 17 heavy (non-hydrogen) atoms. The SMILES string of the molecule is C=Cc1c[nH]c2c(/C=C/C(=O)O)cc(F)cc12. The van der Waals surface area contributed by atoms with E-state index in [-0.39, 0.29) is 0 Å². The molecule has 0 amide bonds. The van der Waals surface area contributed by atoms with E-state index in [1.807, 2.05) is 0 Å². The van der Waals surface area contributed by atoms with Crippen LogP contribution < -0.4 is 0 Å². The Kier molecular flexibility index (Phi) is 2.78. The maximum absolute atomic E-state index is 13.4. The fourth-order valence-corrected chi connectivity index (χ4v) is 1.71. The van der Waals surface area contributed by atoms with Crippen LogP contribution in [0.1, 0.15) is 11.1 Å². The highest BCUT2D eigenvalue weighted by atomic mass is 19.1. The largest absolute Gasteiger partial charge is 0.478 e. The van der Waals surface area contributed by atoms with E-state index in [9.17, 15) is 9.18 Å². The van der Waals surface area contributed by atoms with Crippen LogP contribution in [0.2, 0.25) is 0 Å². The number of aliphatic carboxylic acids is 1. The molecule has 0 radical (unpaired) electrons. The van der Waals surface area contributed by atoms with Crippen LogP contribution in [0.3, 0.4) is 0 Å². The maximum Gasteiger partial charge on any atom is 0.328 e. The van der Waals surface area contributed by atoms with Gasteiger partial charge in [0.05, 0.1) is 5.52 Å². The molecule has 1 aromatic carbocycles. The van der Waals surface area contributed by atoms with Crippen molar-refractivity contribution in [1.29, 1.82) is 0 Å². The van der Waals surface area contributed by atoms with Gasteiger partial charge in [0, 0.05) is 23.2 Å². The Bertz CT molecular complexity index is 626. The van der Waals surface area contributed by atoms with Gasteiger partial charge in [0.2, 0.25) is 0 Å². The summed E-state index contributed by atoms with van der Waals surface area (Å²) in [6.07, 6.45) is 5.65. The summed E-state index contributed by atoms with van der Waals surface area (Å²) in [6, 6.07) is 2.67. The van der Waals surface area contributed by atoms with Crippen molar-refractivity contribution in [1.82, 2.24) is 4.98 Å². The molecule has 2 N–H and O–H groups in total. The van der Waals surface area contributed by atoms with Crippen molar-refractivity contribution in [3.63, 3.8) is 0 Å². The van der Waals surface area contributed by atoms with Gasteiger partial charge in [0.15, 0.2) is 0 Å². The fraction of sp³-hybridized carbons (Fsp3) is 0. The normalized spacial score (nSPS) is 11.1. The second kappa shape index (κ2) is 4.25. The van der Waals surface area contributed by atoms with E-state index in [2.05, 4.69) is 11.6 Å². The molecule has 0 aliphatic heterocycles. The van der Waals surface area contributed by atoms with Gasteiger partial charge >= 0.3 is 5.97 Å². The molecule has 1 aromatic heterocycles. The number of carboxylic acids is 1. The standard InChI is InChI=1S/C13H10FNO2/c1-2-8-7-15-13-9(3-4-12(16)17)5-10(14)6-11(8)13/h2-7,15H,1H2,(H,16,17)/b4-3+. The molecule has 2 aromatic rings. The summed E-state index contributed by atoms with van der Waals surface area (Å²) in [4.78, 5) is 13.4. The summed E-state index contributed by atoms with van der Waals surface area (Å²) >= 11 is 0. The summed E-state index contributed by atoms with van der Waals surface area (Å²) in [6.45, 7) is 3.63. The lowest BCUT2D eigenvalue weighted by Crippen LogP contribution is -1.87. The van der Waals surface area contributed by atoms with Crippen molar-refractivity contribution >= 4 is 29.0 Å². The third-order valence-corrected chi connectivity index (χ3v) is 2.44. The summed E-state index contributed by atoms with van der Waals surface area (Å²) in [5.41, 5.74) is 1.97. The van der Waals surface area contributed by atoms with Crippen molar-refractivity contribution in [3.05, 3.63) is 47.9 Å². The first-order chi connectivity index (χ1) is 8.11. The average Bonchev–Trinajstić information content (AvgIpc) is 2.68. The van der Waals surface area contributed by atoms with Crippen LogP contribution in [-0.4, -0.2) is 16.1 Å². The highest BCUT2D eigenvalue weighted by Gasteiger charge is 2.07. The van der Waals surface area contributed by atoms with Gasteiger partial charge in [0.1, 0.15) is 5.82 Å². The fourth-order valence-electron chi connectivity index (χ4n) is 1.71. The summed E-state index contributed by atoms with van der Waals surface area (Å²) in [5.74, 6) is -1.48. The number of hydrogen-bond donors (Lipinski definition) is 2. The van der Waals surface area contributed by atoms with Crippen LogP contribution in [0.15, 0.2) is 31.0 Å². The smallest absolute Gasteiger partial charge is 0.328 e. The molecule has 0 unspecified atom stereocenters. The van der Waals surface area contributed by atoms with E-state index in [0.717, 1.165) is 11.6 Å². The van der Waals surface area contributed by atoms with Crippen molar-refractivity contribution in [2.75, 3.05) is 0 Å². The lowest BCUT2D eigenvalue weighted by atomic mass is 10.1. The minimum atomic E-state index is -1.07. The third kappa shape index (κ3) is 2.10. The Morgan fingerprint density at radius 3 is 2.82 bits per heavy atom. The number of hydrogen-bond acceptors (Lipinski definition) is 1. The molecule has 0 fully saturated rings. The van der Waals surface area contributed by atoms with E-state index >= 15 is 0 Å².